The average molecular weight is 609 g/mol. The molecule has 0 saturated heterocycles. The highest BCUT2D eigenvalue weighted by molar-refractivity contribution is 7.13. The summed E-state index contributed by atoms with van der Waals surface area (Å²) in [6.07, 6.45) is 13.7. The van der Waals surface area contributed by atoms with E-state index in [-0.39, 0.29) is 18.4 Å². The van der Waals surface area contributed by atoms with Crippen LogP contribution in [-0.4, -0.2) is 39.6 Å². The molecule has 0 aromatic carbocycles. The maximum absolute atomic E-state index is 12.1. The summed E-state index contributed by atoms with van der Waals surface area (Å²) in [4.78, 5) is 28.8. The first-order chi connectivity index (χ1) is 20.1. The number of carbonyl (C=O) groups is 2. The number of aromatic nitrogens is 2. The summed E-state index contributed by atoms with van der Waals surface area (Å²) in [5.74, 6) is 1.53. The smallest absolute Gasteiger partial charge is 0.253 e. The number of nitrogens with one attached hydrogen (secondary N) is 2. The van der Waals surface area contributed by atoms with Gasteiger partial charge >= 0.3 is 0 Å². The molecule has 0 saturated carbocycles. The first-order valence-electron chi connectivity index (χ1n) is 15.7. The lowest BCUT2D eigenvalue weighted by molar-refractivity contribution is -0.115. The minimum Gasteiger partial charge on any atom is -0.512 e. The van der Waals surface area contributed by atoms with Crippen molar-refractivity contribution in [3.63, 3.8) is 0 Å². The van der Waals surface area contributed by atoms with Crippen LogP contribution >= 0.6 is 11.3 Å². The number of ether oxygens (including phenoxy) is 1. The second-order valence-corrected chi connectivity index (χ2v) is 11.3. The fraction of sp³-hybridized carbons (Fsp3) is 0.667. The van der Waals surface area contributed by atoms with Crippen LogP contribution in [0.1, 0.15) is 129 Å². The van der Waals surface area contributed by atoms with Gasteiger partial charge in [-0.15, -0.1) is 11.3 Å². The van der Waals surface area contributed by atoms with Gasteiger partial charge in [0.2, 0.25) is 5.91 Å². The Balaban J connectivity index is 0. The molecule has 8 nitrogen and oxygen atoms in total. The molecule has 0 aliphatic heterocycles. The Bertz CT molecular complexity index is 956. The van der Waals surface area contributed by atoms with Crippen LogP contribution in [0.15, 0.2) is 36.4 Å². The number of aliphatic hydroxyl groups is 1. The molecule has 0 fully saturated rings. The molecule has 2 amide bonds. The summed E-state index contributed by atoms with van der Waals surface area (Å²) in [5, 5.41) is 16.1. The van der Waals surface area contributed by atoms with Crippen LogP contribution in [0.3, 0.4) is 0 Å². The molecule has 0 bridgehead atoms. The second kappa shape index (κ2) is 27.0. The quantitative estimate of drug-likeness (QED) is 0.138. The van der Waals surface area contributed by atoms with Crippen LogP contribution in [0.2, 0.25) is 0 Å². The van der Waals surface area contributed by atoms with Crippen LogP contribution in [0.25, 0.3) is 0 Å². The largest absolute Gasteiger partial charge is 0.512 e. The molecular formula is C33H60N4O4S. The fourth-order valence-corrected chi connectivity index (χ4v) is 4.11. The molecule has 0 aliphatic rings. The molecule has 0 radical (unpaired) electrons. The number of aliphatic hydroxyl groups excluding tert-OH is 1. The molecule has 0 spiro atoms. The highest BCUT2D eigenvalue weighted by Gasteiger charge is 2.17. The third-order valence-corrected chi connectivity index (χ3v) is 7.10. The average Bonchev–Trinajstić information content (AvgIpc) is 3.64. The number of rotatable bonds is 15. The molecule has 2 atom stereocenters. The normalized spacial score (nSPS) is 11.7. The minimum absolute atomic E-state index is 0.0744. The van der Waals surface area contributed by atoms with Crippen molar-refractivity contribution in [2.45, 2.75) is 113 Å². The number of nitrogens with zero attached hydrogens (tertiary/aromatic N) is 2. The lowest BCUT2D eigenvalue weighted by Crippen LogP contribution is -2.32. The maximum Gasteiger partial charge on any atom is 0.253 e. The zero-order valence-corrected chi connectivity index (χ0v) is 28.9. The van der Waals surface area contributed by atoms with Crippen molar-refractivity contribution in [3.05, 3.63) is 47.6 Å². The van der Waals surface area contributed by atoms with Gasteiger partial charge in [0.1, 0.15) is 12.5 Å². The standard InChI is InChI=1S/C21H32N4O2S.C5H10O2.C5H12.C2H6/c1-5-7-16(9-8-15(3)6-2)18-14-28-21(23-18)24-19(26)12-22-20(27)17-10-11-25(4)13-17;1-2-4-7-5-3-6;1-4-5(2)3;1-2/h10-11,13-16H,5-9,12H2,1-4H3,(H,22,27)(H,23,24,26);3,5-6H,2,4H2,1H3;5H,4H2,1-3H3;1-2H3. The Morgan fingerprint density at radius 3 is 2.24 bits per heavy atom. The van der Waals surface area contributed by atoms with Crippen molar-refractivity contribution in [2.24, 2.45) is 18.9 Å². The Morgan fingerprint density at radius 1 is 1.07 bits per heavy atom. The molecular weight excluding hydrogens is 548 g/mol. The van der Waals surface area contributed by atoms with Crippen molar-refractivity contribution in [3.8, 4) is 0 Å². The summed E-state index contributed by atoms with van der Waals surface area (Å²) >= 11 is 1.45. The molecule has 2 heterocycles. The lowest BCUT2D eigenvalue weighted by Gasteiger charge is -2.16. The highest BCUT2D eigenvalue weighted by atomic mass is 32.1. The van der Waals surface area contributed by atoms with E-state index < -0.39 is 0 Å². The Morgan fingerprint density at radius 2 is 1.74 bits per heavy atom. The second-order valence-electron chi connectivity index (χ2n) is 10.4. The van der Waals surface area contributed by atoms with Gasteiger partial charge in [-0.05, 0) is 37.2 Å². The third-order valence-electron chi connectivity index (χ3n) is 6.33. The van der Waals surface area contributed by atoms with Gasteiger partial charge < -0.3 is 25.0 Å². The number of hydrogen-bond donors (Lipinski definition) is 3. The van der Waals surface area contributed by atoms with Crippen LogP contribution in [-0.2, 0) is 16.6 Å². The number of thiazole rings is 1. The number of anilines is 1. The SMILES string of the molecule is CC.CCC(C)C.CCCC(CCC(C)CC)c1csc(NC(=O)CNC(=O)c2ccn(C)c2)n1.CCCOC=CO. The fourth-order valence-electron chi connectivity index (χ4n) is 3.30. The van der Waals surface area contributed by atoms with Crippen molar-refractivity contribution in [1.29, 1.82) is 0 Å². The predicted molar refractivity (Wildman–Crippen MR) is 179 cm³/mol. The topological polar surface area (TPSA) is 105 Å². The molecule has 242 valence electrons. The lowest BCUT2D eigenvalue weighted by atomic mass is 9.90. The first kappa shape index (κ1) is 41.3. The first-order valence-corrected chi connectivity index (χ1v) is 16.6. The van der Waals surface area contributed by atoms with Crippen molar-refractivity contribution >= 4 is 28.3 Å². The monoisotopic (exact) mass is 608 g/mol. The Labute approximate surface area is 260 Å². The van der Waals surface area contributed by atoms with E-state index in [2.05, 4.69) is 62.5 Å². The summed E-state index contributed by atoms with van der Waals surface area (Å²) in [7, 11) is 1.85. The summed E-state index contributed by atoms with van der Waals surface area (Å²) < 4.78 is 6.49. The van der Waals surface area contributed by atoms with E-state index in [0.29, 0.717) is 23.2 Å². The summed E-state index contributed by atoms with van der Waals surface area (Å²) in [6, 6.07) is 1.72. The minimum atomic E-state index is -0.267. The van der Waals surface area contributed by atoms with Gasteiger partial charge in [-0.3, -0.25) is 9.59 Å². The molecule has 9 heteroatoms. The number of aryl methyl sites for hydroxylation is 1. The molecule has 2 aromatic rings. The van der Waals surface area contributed by atoms with E-state index in [1.165, 1.54) is 36.9 Å². The van der Waals surface area contributed by atoms with Gasteiger partial charge in [-0.25, -0.2) is 4.98 Å². The molecule has 0 aliphatic carbocycles. The number of amides is 2. The molecule has 42 heavy (non-hydrogen) atoms. The predicted octanol–water partition coefficient (Wildman–Crippen LogP) is 9.08. The van der Waals surface area contributed by atoms with Gasteiger partial charge in [-0.1, -0.05) is 88.0 Å². The van der Waals surface area contributed by atoms with Crippen LogP contribution < -0.4 is 10.6 Å². The molecule has 2 unspecified atom stereocenters. The van der Waals surface area contributed by atoms with Crippen molar-refractivity contribution in [2.75, 3.05) is 18.5 Å². The van der Waals surface area contributed by atoms with Crippen LogP contribution in [0.5, 0.6) is 0 Å². The zero-order valence-electron chi connectivity index (χ0n) is 28.0. The van der Waals surface area contributed by atoms with Crippen molar-refractivity contribution < 1.29 is 19.4 Å². The third kappa shape index (κ3) is 21.0. The van der Waals surface area contributed by atoms with E-state index in [9.17, 15) is 9.59 Å². The summed E-state index contributed by atoms with van der Waals surface area (Å²) in [5.41, 5.74) is 1.61. The van der Waals surface area contributed by atoms with E-state index in [4.69, 9.17) is 9.84 Å². The van der Waals surface area contributed by atoms with E-state index >= 15 is 0 Å². The van der Waals surface area contributed by atoms with E-state index in [1.807, 2.05) is 27.8 Å². The van der Waals surface area contributed by atoms with Crippen molar-refractivity contribution in [1.82, 2.24) is 14.9 Å². The van der Waals surface area contributed by atoms with Gasteiger partial charge in [0.25, 0.3) is 5.91 Å². The van der Waals surface area contributed by atoms with Gasteiger partial charge in [0, 0.05) is 30.7 Å². The summed E-state index contributed by atoms with van der Waals surface area (Å²) in [6.45, 7) is 20.0. The number of hydrogen-bond acceptors (Lipinski definition) is 6. The van der Waals surface area contributed by atoms with Gasteiger partial charge in [-0.2, -0.15) is 0 Å². The Kier molecular flexibility index (Phi) is 26.6. The van der Waals surface area contributed by atoms with Gasteiger partial charge in [0.15, 0.2) is 5.13 Å². The molecule has 2 rings (SSSR count). The van der Waals surface area contributed by atoms with Gasteiger partial charge in [0.05, 0.1) is 24.4 Å². The molecule has 2 aromatic heterocycles. The maximum atomic E-state index is 12.1. The number of carbonyl (C=O) groups excluding carboxylic acids is 2. The highest BCUT2D eigenvalue weighted by Crippen LogP contribution is 2.31. The van der Waals surface area contributed by atoms with E-state index in [0.717, 1.165) is 49.5 Å². The van der Waals surface area contributed by atoms with Crippen LogP contribution in [0.4, 0.5) is 5.13 Å². The zero-order chi connectivity index (χ0) is 32.3. The van der Waals surface area contributed by atoms with Crippen LogP contribution in [0, 0.1) is 11.8 Å². The Hall–Kier alpha value is -2.81. The molecule has 3 N–H and O–H groups in total. The van der Waals surface area contributed by atoms with E-state index in [1.54, 1.807) is 23.0 Å².